The number of aliphatic carboxylic acids is 1. The van der Waals surface area contributed by atoms with Crippen molar-refractivity contribution in [2.45, 2.75) is 19.4 Å². The number of aryl methyl sites for hydroxylation is 1. The summed E-state index contributed by atoms with van der Waals surface area (Å²) in [6, 6.07) is 25.7. The molecule has 0 aliphatic heterocycles. The van der Waals surface area contributed by atoms with Gasteiger partial charge < -0.3 is 14.4 Å². The van der Waals surface area contributed by atoms with Crippen LogP contribution in [0.25, 0.3) is 16.9 Å². The molecule has 0 spiro atoms. The number of carboxylic acids is 1. The molecule has 1 aromatic heterocycles. The lowest BCUT2D eigenvalue weighted by atomic mass is 10.1. The molecule has 0 unspecified atom stereocenters. The summed E-state index contributed by atoms with van der Waals surface area (Å²) in [6.45, 7) is 2.06. The Bertz CT molecular complexity index is 1260. The minimum Gasteiger partial charge on any atom is -0.478 e. The molecule has 1 atom stereocenters. The largest absolute Gasteiger partial charge is 0.478 e. The van der Waals surface area contributed by atoms with Gasteiger partial charge in [0.2, 0.25) is 0 Å². The second kappa shape index (κ2) is 10.3. The molecule has 1 N–H and O–H groups in total. The first-order valence-electron chi connectivity index (χ1n) is 10.2. The standard InChI is InChI=1S/C26H20Br3NO3/c1-16-7-12-23(30(16)20-10-8-19(27)9-11-20)18-14-21(28)25(22(29)15-18)33-24(26(31)32)13-17-5-3-2-4-6-17/h2-12,14-15,24H,13H2,1H3,(H,31,32)/t24-/m1/s1. The normalized spacial score (nSPS) is 11.9. The number of nitrogens with zero attached hydrogens (tertiary/aromatic N) is 1. The van der Waals surface area contributed by atoms with Crippen molar-refractivity contribution in [1.82, 2.24) is 4.57 Å². The third-order valence-corrected chi connectivity index (χ3v) is 6.96. The zero-order chi connectivity index (χ0) is 23.5. The highest BCUT2D eigenvalue weighted by Crippen LogP contribution is 2.40. The van der Waals surface area contributed by atoms with Gasteiger partial charge in [-0.3, -0.25) is 0 Å². The van der Waals surface area contributed by atoms with Gasteiger partial charge in [-0.2, -0.15) is 0 Å². The number of aromatic nitrogens is 1. The number of ether oxygens (including phenoxy) is 1. The Labute approximate surface area is 217 Å². The van der Waals surface area contributed by atoms with E-state index >= 15 is 0 Å². The number of hydrogen-bond donors (Lipinski definition) is 1. The highest BCUT2D eigenvalue weighted by Gasteiger charge is 2.23. The van der Waals surface area contributed by atoms with E-state index in [-0.39, 0.29) is 6.42 Å². The molecule has 0 aliphatic carbocycles. The van der Waals surface area contributed by atoms with Crippen molar-refractivity contribution in [3.05, 3.63) is 104 Å². The summed E-state index contributed by atoms with van der Waals surface area (Å²) in [5.74, 6) is -0.554. The smallest absolute Gasteiger partial charge is 0.345 e. The fourth-order valence-electron chi connectivity index (χ4n) is 3.67. The maximum Gasteiger partial charge on any atom is 0.345 e. The first-order valence-corrected chi connectivity index (χ1v) is 12.6. The molecule has 3 aromatic carbocycles. The van der Waals surface area contributed by atoms with E-state index < -0.39 is 12.1 Å². The Morgan fingerprint density at radius 3 is 2.18 bits per heavy atom. The first kappa shape index (κ1) is 23.8. The van der Waals surface area contributed by atoms with E-state index in [2.05, 4.69) is 83.5 Å². The Morgan fingerprint density at radius 2 is 1.58 bits per heavy atom. The minimum atomic E-state index is -1.01. The van der Waals surface area contributed by atoms with Crippen molar-refractivity contribution in [2.24, 2.45) is 0 Å². The van der Waals surface area contributed by atoms with Gasteiger partial charge in [0.1, 0.15) is 5.75 Å². The Morgan fingerprint density at radius 1 is 0.939 bits per heavy atom. The van der Waals surface area contributed by atoms with E-state index in [0.717, 1.165) is 32.7 Å². The Balaban J connectivity index is 1.67. The summed E-state index contributed by atoms with van der Waals surface area (Å²) in [4.78, 5) is 11.9. The molecule has 7 heteroatoms. The van der Waals surface area contributed by atoms with Gasteiger partial charge in [-0.1, -0.05) is 46.3 Å². The average molecular weight is 634 g/mol. The third kappa shape index (κ3) is 5.42. The number of hydrogen-bond acceptors (Lipinski definition) is 2. The molecule has 4 aromatic rings. The van der Waals surface area contributed by atoms with Crippen LogP contribution < -0.4 is 4.74 Å². The Hall–Kier alpha value is -2.35. The summed E-state index contributed by atoms with van der Waals surface area (Å²) in [5, 5.41) is 9.73. The van der Waals surface area contributed by atoms with Crippen LogP contribution in [0.3, 0.4) is 0 Å². The molecule has 0 saturated heterocycles. The SMILES string of the molecule is Cc1ccc(-c2cc(Br)c(O[C@H](Cc3ccccc3)C(=O)O)c(Br)c2)n1-c1ccc(Br)cc1. The molecule has 33 heavy (non-hydrogen) atoms. The van der Waals surface area contributed by atoms with Crippen LogP contribution in [0.4, 0.5) is 0 Å². The highest BCUT2D eigenvalue weighted by molar-refractivity contribution is 9.11. The third-order valence-electron chi connectivity index (χ3n) is 5.25. The van der Waals surface area contributed by atoms with Crippen molar-refractivity contribution in [1.29, 1.82) is 0 Å². The lowest BCUT2D eigenvalue weighted by Gasteiger charge is -2.19. The van der Waals surface area contributed by atoms with Crippen LogP contribution in [-0.4, -0.2) is 21.7 Å². The molecule has 0 radical (unpaired) electrons. The van der Waals surface area contributed by atoms with Crippen LogP contribution in [0.15, 0.2) is 92.3 Å². The van der Waals surface area contributed by atoms with Gasteiger partial charge in [0.15, 0.2) is 6.10 Å². The summed E-state index contributed by atoms with van der Waals surface area (Å²) in [6.07, 6.45) is -0.748. The molecule has 0 fully saturated rings. The number of benzene rings is 3. The van der Waals surface area contributed by atoms with Gasteiger partial charge in [-0.05, 0) is 92.9 Å². The van der Waals surface area contributed by atoms with E-state index in [0.29, 0.717) is 14.7 Å². The monoisotopic (exact) mass is 631 g/mol. The Kier molecular flexibility index (Phi) is 7.41. The lowest BCUT2D eigenvalue weighted by Crippen LogP contribution is -2.29. The predicted molar refractivity (Wildman–Crippen MR) is 141 cm³/mol. The zero-order valence-electron chi connectivity index (χ0n) is 17.6. The molecule has 4 nitrogen and oxygen atoms in total. The summed E-state index contributed by atoms with van der Waals surface area (Å²) in [7, 11) is 0. The van der Waals surface area contributed by atoms with Crippen LogP contribution in [-0.2, 0) is 11.2 Å². The second-order valence-electron chi connectivity index (χ2n) is 7.58. The summed E-state index contributed by atoms with van der Waals surface area (Å²) < 4.78 is 10.5. The lowest BCUT2D eigenvalue weighted by molar-refractivity contribution is -0.145. The molecule has 0 saturated carbocycles. The second-order valence-corrected chi connectivity index (χ2v) is 10.2. The average Bonchev–Trinajstić information content (AvgIpc) is 3.17. The number of carbonyl (C=O) groups is 1. The van der Waals surface area contributed by atoms with E-state index in [4.69, 9.17) is 4.74 Å². The maximum atomic E-state index is 11.9. The molecule has 0 amide bonds. The van der Waals surface area contributed by atoms with Crippen molar-refractivity contribution >= 4 is 53.8 Å². The number of rotatable bonds is 7. The molecule has 1 heterocycles. The van der Waals surface area contributed by atoms with Crippen molar-refractivity contribution in [2.75, 3.05) is 0 Å². The van der Waals surface area contributed by atoms with Gasteiger partial charge in [0, 0.05) is 27.8 Å². The van der Waals surface area contributed by atoms with Gasteiger partial charge in [0.05, 0.1) is 14.6 Å². The van der Waals surface area contributed by atoms with Crippen molar-refractivity contribution in [3.8, 4) is 22.7 Å². The number of carboxylic acid groups (broad SMARTS) is 1. The van der Waals surface area contributed by atoms with E-state index in [1.807, 2.05) is 54.6 Å². The summed E-state index contributed by atoms with van der Waals surface area (Å²) >= 11 is 10.7. The fraction of sp³-hybridized carbons (Fsp3) is 0.115. The van der Waals surface area contributed by atoms with Crippen molar-refractivity contribution in [3.63, 3.8) is 0 Å². The number of halogens is 3. The fourth-order valence-corrected chi connectivity index (χ4v) is 5.30. The van der Waals surface area contributed by atoms with Crippen LogP contribution in [0.1, 0.15) is 11.3 Å². The topological polar surface area (TPSA) is 51.5 Å². The zero-order valence-corrected chi connectivity index (χ0v) is 22.4. The van der Waals surface area contributed by atoms with Crippen LogP contribution in [0.5, 0.6) is 5.75 Å². The molecule has 0 aliphatic rings. The quantitative estimate of drug-likeness (QED) is 0.226. The molecule has 168 valence electrons. The van der Waals surface area contributed by atoms with E-state index in [1.54, 1.807) is 0 Å². The molecule has 4 rings (SSSR count). The predicted octanol–water partition coefficient (Wildman–Crippen LogP) is 7.81. The van der Waals surface area contributed by atoms with Gasteiger partial charge in [0.25, 0.3) is 0 Å². The maximum absolute atomic E-state index is 11.9. The van der Waals surface area contributed by atoms with Crippen LogP contribution in [0.2, 0.25) is 0 Å². The summed E-state index contributed by atoms with van der Waals surface area (Å²) in [5.41, 5.74) is 5.04. The molecular formula is C26H20Br3NO3. The van der Waals surface area contributed by atoms with Gasteiger partial charge in [-0.15, -0.1) is 0 Å². The van der Waals surface area contributed by atoms with Gasteiger partial charge in [-0.25, -0.2) is 4.79 Å². The van der Waals surface area contributed by atoms with Crippen LogP contribution in [0, 0.1) is 6.92 Å². The minimum absolute atomic E-state index is 0.266. The van der Waals surface area contributed by atoms with E-state index in [9.17, 15) is 9.90 Å². The first-order chi connectivity index (χ1) is 15.8. The van der Waals surface area contributed by atoms with Crippen LogP contribution >= 0.6 is 47.8 Å². The highest BCUT2D eigenvalue weighted by atomic mass is 79.9. The van der Waals surface area contributed by atoms with Gasteiger partial charge >= 0.3 is 5.97 Å². The van der Waals surface area contributed by atoms with Crippen molar-refractivity contribution < 1.29 is 14.6 Å². The molecule has 0 bridgehead atoms. The van der Waals surface area contributed by atoms with E-state index in [1.165, 1.54) is 0 Å². The molecular weight excluding hydrogens is 614 g/mol.